The molecule has 0 spiro atoms. The molecule has 0 fully saturated rings. The largest absolute Gasteiger partial charge is 0.454 e. The van der Waals surface area contributed by atoms with Gasteiger partial charge in [0, 0.05) is 11.1 Å². The number of tetrazole rings is 1. The van der Waals surface area contributed by atoms with Crippen LogP contribution in [0.5, 0.6) is 11.5 Å². The fraction of sp³-hybridized carbons (Fsp3) is 0.111. The molecular weight excluding hydrogens is 370 g/mol. The topological polar surface area (TPSA) is 91.2 Å². The quantitative estimate of drug-likeness (QED) is 0.680. The zero-order valence-corrected chi connectivity index (χ0v) is 14.8. The van der Waals surface area contributed by atoms with E-state index in [2.05, 4.69) is 20.8 Å². The van der Waals surface area contributed by atoms with Gasteiger partial charge in [0.05, 0.1) is 12.2 Å². The second-order valence-electron chi connectivity index (χ2n) is 5.65. The Morgan fingerprint density at radius 2 is 2.00 bits per heavy atom. The first-order valence-corrected chi connectivity index (χ1v) is 8.45. The Labute approximate surface area is 159 Å². The third-order valence-electron chi connectivity index (χ3n) is 3.85. The van der Waals surface area contributed by atoms with Crippen LogP contribution in [0.2, 0.25) is 5.02 Å². The van der Waals surface area contributed by atoms with Gasteiger partial charge in [0.1, 0.15) is 0 Å². The predicted octanol–water partition coefficient (Wildman–Crippen LogP) is 2.37. The van der Waals surface area contributed by atoms with Gasteiger partial charge in [-0.05, 0) is 58.5 Å². The van der Waals surface area contributed by atoms with Crippen LogP contribution in [0.4, 0.5) is 0 Å². The summed E-state index contributed by atoms with van der Waals surface area (Å²) in [6, 6.07) is 12.5. The van der Waals surface area contributed by atoms with Crippen molar-refractivity contribution in [3.05, 3.63) is 65.0 Å². The molecule has 2 aromatic carbocycles. The van der Waals surface area contributed by atoms with Crippen LogP contribution >= 0.6 is 11.6 Å². The van der Waals surface area contributed by atoms with Crippen LogP contribution in [0.15, 0.2) is 48.5 Å². The number of halogens is 1. The van der Waals surface area contributed by atoms with Gasteiger partial charge in [-0.25, -0.2) is 0 Å². The zero-order valence-electron chi connectivity index (χ0n) is 14.0. The van der Waals surface area contributed by atoms with Crippen molar-refractivity contribution in [3.63, 3.8) is 0 Å². The van der Waals surface area contributed by atoms with Crippen molar-refractivity contribution in [2.45, 2.75) is 6.54 Å². The SMILES string of the molecule is O=C(/C=C\c1ccc2c(c1)OCO2)NCc1nnnn1-c1ccc(Cl)cc1. The van der Waals surface area contributed by atoms with Gasteiger partial charge in [-0.3, -0.25) is 4.79 Å². The van der Waals surface area contributed by atoms with Gasteiger partial charge >= 0.3 is 0 Å². The van der Waals surface area contributed by atoms with Crippen molar-refractivity contribution in [1.82, 2.24) is 25.5 Å². The van der Waals surface area contributed by atoms with Crippen molar-refractivity contribution in [2.24, 2.45) is 0 Å². The number of aromatic nitrogens is 4. The Bertz CT molecular complexity index is 1000. The molecule has 0 atom stereocenters. The number of nitrogens with one attached hydrogen (secondary N) is 1. The third kappa shape index (κ3) is 3.90. The Morgan fingerprint density at radius 3 is 2.85 bits per heavy atom. The summed E-state index contributed by atoms with van der Waals surface area (Å²) >= 11 is 5.89. The third-order valence-corrected chi connectivity index (χ3v) is 4.10. The predicted molar refractivity (Wildman–Crippen MR) is 97.6 cm³/mol. The number of nitrogens with zero attached hydrogens (tertiary/aromatic N) is 4. The molecule has 2 heterocycles. The summed E-state index contributed by atoms with van der Waals surface area (Å²) in [5.41, 5.74) is 1.59. The van der Waals surface area contributed by atoms with E-state index in [0.29, 0.717) is 22.3 Å². The van der Waals surface area contributed by atoms with Gasteiger partial charge in [-0.2, -0.15) is 4.68 Å². The van der Waals surface area contributed by atoms with Crippen molar-refractivity contribution >= 4 is 23.6 Å². The maximum atomic E-state index is 12.1. The van der Waals surface area contributed by atoms with E-state index < -0.39 is 0 Å². The number of carbonyl (C=O) groups excluding carboxylic acids is 1. The molecule has 8 nitrogen and oxygen atoms in total. The van der Waals surface area contributed by atoms with E-state index in [4.69, 9.17) is 21.1 Å². The highest BCUT2D eigenvalue weighted by Crippen LogP contribution is 2.32. The molecule has 1 amide bonds. The molecule has 0 bridgehead atoms. The Balaban J connectivity index is 1.38. The minimum Gasteiger partial charge on any atom is -0.454 e. The molecule has 3 aromatic rings. The van der Waals surface area contributed by atoms with Crippen LogP contribution in [0.25, 0.3) is 11.8 Å². The fourth-order valence-electron chi connectivity index (χ4n) is 2.51. The number of rotatable bonds is 5. The van der Waals surface area contributed by atoms with Gasteiger partial charge in [0.2, 0.25) is 12.7 Å². The van der Waals surface area contributed by atoms with E-state index in [9.17, 15) is 4.79 Å². The Hall–Kier alpha value is -3.39. The number of benzene rings is 2. The average Bonchev–Trinajstić information content (AvgIpc) is 3.34. The number of hydrogen-bond donors (Lipinski definition) is 1. The molecule has 1 aliphatic heterocycles. The van der Waals surface area contributed by atoms with E-state index in [1.54, 1.807) is 36.4 Å². The number of ether oxygens (including phenoxy) is 2. The molecule has 27 heavy (non-hydrogen) atoms. The van der Waals surface area contributed by atoms with E-state index >= 15 is 0 Å². The standard InChI is InChI=1S/C18H14ClN5O3/c19-13-3-5-14(6-4-13)24-17(21-22-23-24)10-20-18(25)8-2-12-1-7-15-16(9-12)27-11-26-15/h1-9H,10-11H2,(H,20,25)/b8-2-. The summed E-state index contributed by atoms with van der Waals surface area (Å²) in [5, 5.41) is 14.9. The minimum atomic E-state index is -0.265. The molecule has 1 N–H and O–H groups in total. The normalized spacial score (nSPS) is 12.5. The number of fused-ring (bicyclic) bond motifs is 1. The molecule has 0 unspecified atom stereocenters. The first-order valence-electron chi connectivity index (χ1n) is 8.08. The van der Waals surface area contributed by atoms with Crippen molar-refractivity contribution in [1.29, 1.82) is 0 Å². The van der Waals surface area contributed by atoms with Crippen LogP contribution < -0.4 is 14.8 Å². The van der Waals surface area contributed by atoms with Crippen LogP contribution in [-0.2, 0) is 11.3 Å². The number of hydrogen-bond acceptors (Lipinski definition) is 6. The summed E-state index contributed by atoms with van der Waals surface area (Å²) in [5.74, 6) is 1.60. The number of carbonyl (C=O) groups is 1. The molecule has 0 saturated heterocycles. The van der Waals surface area contributed by atoms with Crippen LogP contribution in [0.3, 0.4) is 0 Å². The van der Waals surface area contributed by atoms with Gasteiger partial charge in [0.15, 0.2) is 17.3 Å². The molecule has 0 saturated carbocycles. The monoisotopic (exact) mass is 383 g/mol. The van der Waals surface area contributed by atoms with E-state index in [0.717, 1.165) is 11.3 Å². The van der Waals surface area contributed by atoms with Crippen molar-refractivity contribution in [3.8, 4) is 17.2 Å². The Kier molecular flexibility index (Phi) is 4.71. The zero-order chi connectivity index (χ0) is 18.6. The summed E-state index contributed by atoms with van der Waals surface area (Å²) in [4.78, 5) is 12.1. The fourth-order valence-corrected chi connectivity index (χ4v) is 2.64. The highest BCUT2D eigenvalue weighted by molar-refractivity contribution is 6.30. The second-order valence-corrected chi connectivity index (χ2v) is 6.08. The molecule has 0 radical (unpaired) electrons. The molecule has 0 aliphatic carbocycles. The maximum Gasteiger partial charge on any atom is 0.244 e. The van der Waals surface area contributed by atoms with Gasteiger partial charge in [-0.15, -0.1) is 5.10 Å². The average molecular weight is 384 g/mol. The summed E-state index contributed by atoms with van der Waals surface area (Å²) in [6.07, 6.45) is 3.13. The van der Waals surface area contributed by atoms with E-state index in [1.165, 1.54) is 10.8 Å². The minimum absolute atomic E-state index is 0.180. The lowest BCUT2D eigenvalue weighted by atomic mass is 10.2. The molecule has 4 rings (SSSR count). The molecule has 136 valence electrons. The van der Waals surface area contributed by atoms with Crippen LogP contribution in [0.1, 0.15) is 11.4 Å². The van der Waals surface area contributed by atoms with Crippen molar-refractivity contribution in [2.75, 3.05) is 6.79 Å². The van der Waals surface area contributed by atoms with Crippen molar-refractivity contribution < 1.29 is 14.3 Å². The smallest absolute Gasteiger partial charge is 0.244 e. The lowest BCUT2D eigenvalue weighted by molar-refractivity contribution is -0.116. The molecule has 1 aliphatic rings. The van der Waals surface area contributed by atoms with Gasteiger partial charge in [-0.1, -0.05) is 17.7 Å². The highest BCUT2D eigenvalue weighted by Gasteiger charge is 2.12. The highest BCUT2D eigenvalue weighted by atomic mass is 35.5. The summed E-state index contributed by atoms with van der Waals surface area (Å²) in [7, 11) is 0. The lowest BCUT2D eigenvalue weighted by Gasteiger charge is -2.05. The molecular formula is C18H14ClN5O3. The molecule has 1 aromatic heterocycles. The first-order chi connectivity index (χ1) is 13.2. The second kappa shape index (κ2) is 7.46. The maximum absolute atomic E-state index is 12.1. The summed E-state index contributed by atoms with van der Waals surface area (Å²) < 4.78 is 12.1. The molecule has 9 heteroatoms. The first kappa shape index (κ1) is 17.0. The summed E-state index contributed by atoms with van der Waals surface area (Å²) in [6.45, 7) is 0.394. The van der Waals surface area contributed by atoms with Gasteiger partial charge in [0.25, 0.3) is 0 Å². The van der Waals surface area contributed by atoms with E-state index in [-0.39, 0.29) is 19.2 Å². The Morgan fingerprint density at radius 1 is 1.19 bits per heavy atom. The van der Waals surface area contributed by atoms with Crippen LogP contribution in [-0.4, -0.2) is 32.9 Å². The number of amides is 1. The van der Waals surface area contributed by atoms with Crippen LogP contribution in [0, 0.1) is 0 Å². The van der Waals surface area contributed by atoms with Gasteiger partial charge < -0.3 is 14.8 Å². The lowest BCUT2D eigenvalue weighted by Crippen LogP contribution is -2.22. The van der Waals surface area contributed by atoms with E-state index in [1.807, 2.05) is 12.1 Å².